The Bertz CT molecular complexity index is 1360. The van der Waals surface area contributed by atoms with E-state index in [1.165, 1.54) is 4.90 Å². The first-order valence-electron chi connectivity index (χ1n) is 12.6. The highest BCUT2D eigenvalue weighted by molar-refractivity contribution is 6.51. The van der Waals surface area contributed by atoms with Crippen molar-refractivity contribution in [2.45, 2.75) is 40.7 Å². The van der Waals surface area contributed by atoms with Gasteiger partial charge in [0.25, 0.3) is 11.7 Å². The number of aliphatic hydroxyl groups is 1. The SMILES string of the molecule is CCOc1cccc(N2C(=O)C(=O)/C(=C(/O)c3ccc(OCC(C)C)c(C)c3)C2c2ccccc2C)c1. The molecule has 1 amide bonds. The van der Waals surface area contributed by atoms with Gasteiger partial charge in [-0.25, -0.2) is 0 Å². The number of amides is 1. The second-order valence-electron chi connectivity index (χ2n) is 9.64. The number of rotatable bonds is 8. The number of carbonyl (C=O) groups is 2. The molecule has 0 radical (unpaired) electrons. The molecule has 1 fully saturated rings. The Hall–Kier alpha value is -4.06. The van der Waals surface area contributed by atoms with Crippen LogP contribution in [-0.2, 0) is 9.59 Å². The molecule has 1 atom stereocenters. The van der Waals surface area contributed by atoms with Crippen molar-refractivity contribution in [2.24, 2.45) is 5.92 Å². The Balaban J connectivity index is 1.86. The van der Waals surface area contributed by atoms with Gasteiger partial charge in [-0.05, 0) is 73.7 Å². The quantitative estimate of drug-likeness (QED) is 0.222. The Morgan fingerprint density at radius 1 is 0.946 bits per heavy atom. The van der Waals surface area contributed by atoms with Crippen LogP contribution >= 0.6 is 0 Å². The fraction of sp³-hybridized carbons (Fsp3) is 0.290. The molecule has 3 aromatic rings. The van der Waals surface area contributed by atoms with E-state index in [1.54, 1.807) is 42.5 Å². The van der Waals surface area contributed by atoms with Crippen LogP contribution in [-0.4, -0.2) is 30.0 Å². The summed E-state index contributed by atoms with van der Waals surface area (Å²) in [6.45, 7) is 10.9. The topological polar surface area (TPSA) is 76.1 Å². The Labute approximate surface area is 218 Å². The maximum Gasteiger partial charge on any atom is 0.300 e. The zero-order valence-electron chi connectivity index (χ0n) is 21.9. The third kappa shape index (κ3) is 5.24. The lowest BCUT2D eigenvalue weighted by molar-refractivity contribution is -0.132. The van der Waals surface area contributed by atoms with Crippen molar-refractivity contribution in [2.75, 3.05) is 18.1 Å². The fourth-order valence-electron chi connectivity index (χ4n) is 4.55. The number of benzene rings is 3. The predicted octanol–water partition coefficient (Wildman–Crippen LogP) is 6.36. The second kappa shape index (κ2) is 10.9. The second-order valence-corrected chi connectivity index (χ2v) is 9.64. The van der Waals surface area contributed by atoms with E-state index < -0.39 is 17.7 Å². The number of ether oxygens (including phenoxy) is 2. The molecular weight excluding hydrogens is 466 g/mol. The van der Waals surface area contributed by atoms with Crippen LogP contribution in [0.4, 0.5) is 5.69 Å². The maximum atomic E-state index is 13.5. The van der Waals surface area contributed by atoms with Crippen LogP contribution in [0.1, 0.15) is 49.1 Å². The average molecular weight is 500 g/mol. The van der Waals surface area contributed by atoms with E-state index in [0.717, 1.165) is 16.7 Å². The lowest BCUT2D eigenvalue weighted by atomic mass is 9.92. The lowest BCUT2D eigenvalue weighted by Gasteiger charge is -2.27. The smallest absolute Gasteiger partial charge is 0.300 e. The molecule has 0 spiro atoms. The normalized spacial score (nSPS) is 16.9. The van der Waals surface area contributed by atoms with Crippen LogP contribution in [0.5, 0.6) is 11.5 Å². The van der Waals surface area contributed by atoms with Gasteiger partial charge in [-0.15, -0.1) is 0 Å². The highest BCUT2D eigenvalue weighted by atomic mass is 16.5. The minimum atomic E-state index is -0.796. The number of aryl methyl sites for hydroxylation is 2. The predicted molar refractivity (Wildman–Crippen MR) is 145 cm³/mol. The molecule has 192 valence electrons. The first kappa shape index (κ1) is 26.0. The molecule has 0 aromatic heterocycles. The number of ketones is 1. The molecule has 1 saturated heterocycles. The standard InChI is InChI=1S/C31H33NO5/c1-6-36-24-12-9-11-23(17-24)32-28(25-13-8-7-10-20(25)4)27(30(34)31(32)35)29(33)22-14-15-26(21(5)16-22)37-18-19(2)3/h7-17,19,28,33H,6,18H2,1-5H3/b29-27+. The van der Waals surface area contributed by atoms with Gasteiger partial charge in [0.05, 0.1) is 24.8 Å². The molecule has 0 bridgehead atoms. The molecule has 1 heterocycles. The van der Waals surface area contributed by atoms with Crippen molar-refractivity contribution in [1.29, 1.82) is 0 Å². The number of Topliss-reactive ketones (excluding diaryl/α,β-unsaturated/α-hetero) is 1. The molecule has 6 nitrogen and oxygen atoms in total. The summed E-state index contributed by atoms with van der Waals surface area (Å²) in [7, 11) is 0. The van der Waals surface area contributed by atoms with Gasteiger partial charge < -0.3 is 14.6 Å². The minimum absolute atomic E-state index is 0.0522. The summed E-state index contributed by atoms with van der Waals surface area (Å²) in [6.07, 6.45) is 0. The van der Waals surface area contributed by atoms with Crippen molar-refractivity contribution in [1.82, 2.24) is 0 Å². The zero-order valence-corrected chi connectivity index (χ0v) is 21.9. The summed E-state index contributed by atoms with van der Waals surface area (Å²) in [6, 6.07) is 19.2. The molecule has 1 aliphatic heterocycles. The molecular formula is C31H33NO5. The Morgan fingerprint density at radius 2 is 1.70 bits per heavy atom. The minimum Gasteiger partial charge on any atom is -0.507 e. The van der Waals surface area contributed by atoms with Crippen LogP contribution in [0.3, 0.4) is 0 Å². The summed E-state index contributed by atoms with van der Waals surface area (Å²) < 4.78 is 11.5. The number of hydrogen-bond acceptors (Lipinski definition) is 5. The molecule has 6 heteroatoms. The largest absolute Gasteiger partial charge is 0.507 e. The van der Waals surface area contributed by atoms with Crippen LogP contribution in [0.15, 0.2) is 72.3 Å². The van der Waals surface area contributed by atoms with Gasteiger partial charge in [0.2, 0.25) is 0 Å². The summed E-state index contributed by atoms with van der Waals surface area (Å²) in [5.41, 5.74) is 3.52. The highest BCUT2D eigenvalue weighted by Crippen LogP contribution is 2.44. The van der Waals surface area contributed by atoms with Crippen LogP contribution in [0.2, 0.25) is 0 Å². The first-order valence-corrected chi connectivity index (χ1v) is 12.6. The van der Waals surface area contributed by atoms with Crippen LogP contribution in [0.25, 0.3) is 5.76 Å². The van der Waals surface area contributed by atoms with Gasteiger partial charge in [-0.3, -0.25) is 14.5 Å². The summed E-state index contributed by atoms with van der Waals surface area (Å²) >= 11 is 0. The van der Waals surface area contributed by atoms with E-state index in [0.29, 0.717) is 41.9 Å². The number of nitrogens with zero attached hydrogens (tertiary/aromatic N) is 1. The van der Waals surface area contributed by atoms with E-state index in [-0.39, 0.29) is 11.3 Å². The van der Waals surface area contributed by atoms with Gasteiger partial charge >= 0.3 is 0 Å². The van der Waals surface area contributed by atoms with E-state index in [1.807, 2.05) is 45.0 Å². The third-order valence-electron chi connectivity index (χ3n) is 6.35. The van der Waals surface area contributed by atoms with E-state index in [2.05, 4.69) is 13.8 Å². The molecule has 1 N–H and O–H groups in total. The van der Waals surface area contributed by atoms with Crippen molar-refractivity contribution in [3.63, 3.8) is 0 Å². The van der Waals surface area contributed by atoms with Crippen molar-refractivity contribution in [3.8, 4) is 11.5 Å². The molecule has 3 aromatic carbocycles. The molecule has 4 rings (SSSR count). The summed E-state index contributed by atoms with van der Waals surface area (Å²) in [4.78, 5) is 28.4. The Morgan fingerprint density at radius 3 is 2.38 bits per heavy atom. The van der Waals surface area contributed by atoms with Gasteiger partial charge in [0.15, 0.2) is 0 Å². The summed E-state index contributed by atoms with van der Waals surface area (Å²) in [5.74, 6) is 0.0433. The number of anilines is 1. The van der Waals surface area contributed by atoms with Gasteiger partial charge in [-0.1, -0.05) is 44.2 Å². The van der Waals surface area contributed by atoms with Gasteiger partial charge in [-0.2, -0.15) is 0 Å². The zero-order chi connectivity index (χ0) is 26.7. The van der Waals surface area contributed by atoms with Crippen molar-refractivity contribution < 1.29 is 24.2 Å². The van der Waals surface area contributed by atoms with Crippen molar-refractivity contribution in [3.05, 3.63) is 94.6 Å². The van der Waals surface area contributed by atoms with E-state index in [9.17, 15) is 14.7 Å². The number of hydrogen-bond donors (Lipinski definition) is 1. The molecule has 0 aliphatic carbocycles. The fourth-order valence-corrected chi connectivity index (χ4v) is 4.55. The first-order chi connectivity index (χ1) is 17.7. The van der Waals surface area contributed by atoms with Crippen molar-refractivity contribution >= 4 is 23.1 Å². The van der Waals surface area contributed by atoms with Crippen LogP contribution in [0, 0.1) is 19.8 Å². The van der Waals surface area contributed by atoms with E-state index in [4.69, 9.17) is 9.47 Å². The third-order valence-corrected chi connectivity index (χ3v) is 6.35. The summed E-state index contributed by atoms with van der Waals surface area (Å²) in [5, 5.41) is 11.5. The van der Waals surface area contributed by atoms with Crippen LogP contribution < -0.4 is 14.4 Å². The molecule has 0 saturated carbocycles. The molecule has 1 unspecified atom stereocenters. The number of aliphatic hydroxyl groups excluding tert-OH is 1. The monoisotopic (exact) mass is 499 g/mol. The molecule has 37 heavy (non-hydrogen) atoms. The van der Waals surface area contributed by atoms with E-state index >= 15 is 0 Å². The molecule has 1 aliphatic rings. The number of carbonyl (C=O) groups excluding carboxylic acids is 2. The maximum absolute atomic E-state index is 13.5. The Kier molecular flexibility index (Phi) is 7.67. The van der Waals surface area contributed by atoms with Gasteiger partial charge in [0, 0.05) is 17.3 Å². The average Bonchev–Trinajstić information content (AvgIpc) is 3.13. The van der Waals surface area contributed by atoms with Gasteiger partial charge in [0.1, 0.15) is 17.3 Å². The lowest BCUT2D eigenvalue weighted by Crippen LogP contribution is -2.29. The highest BCUT2D eigenvalue weighted by Gasteiger charge is 2.47.